The predicted molar refractivity (Wildman–Crippen MR) is 300 cm³/mol. The SMILES string of the molecule is CC[C@H](C)[C@@H]([C@@H](CC(=O)N1CCC[C@H]1[C@H](OC)[C@@H](C)C(=O)C[C@@H](Cc1c[nH]c2ccccc12)C(N)=O)OC)N(C)C(=O)[C@@H](CC(=O)[C@H](C(C)C)N(C)CCCCCC(=O)CNC(=O)CCCCCN1C(=O)C=CC1=O)C(C)C. The fourth-order valence-corrected chi connectivity index (χ4v) is 11.7. The van der Waals surface area contributed by atoms with Crippen molar-refractivity contribution in [2.45, 2.75) is 175 Å². The number of fused-ring (bicyclic) bond motifs is 1. The molecule has 78 heavy (non-hydrogen) atoms. The minimum atomic E-state index is -0.726. The Labute approximate surface area is 463 Å². The molecule has 4 rings (SSSR count). The van der Waals surface area contributed by atoms with Gasteiger partial charge in [-0.25, -0.2) is 0 Å². The highest BCUT2D eigenvalue weighted by molar-refractivity contribution is 6.12. The number of nitrogens with one attached hydrogen (secondary N) is 2. The molecule has 6 amide bonds. The maximum absolute atomic E-state index is 14.8. The number of imide groups is 1. The molecule has 2 aliphatic heterocycles. The molecule has 18 heteroatoms. The summed E-state index contributed by atoms with van der Waals surface area (Å²) in [6.45, 7) is 15.2. The Morgan fingerprint density at radius 1 is 0.821 bits per heavy atom. The number of hydrogen-bond acceptors (Lipinski definition) is 12. The van der Waals surface area contributed by atoms with Crippen LogP contribution in [0.5, 0.6) is 0 Å². The molecule has 1 aromatic heterocycles. The van der Waals surface area contributed by atoms with E-state index in [2.05, 4.69) is 10.3 Å². The number of aromatic nitrogens is 1. The summed E-state index contributed by atoms with van der Waals surface area (Å²) in [6, 6.07) is 6.44. The molecule has 434 valence electrons. The quantitative estimate of drug-likeness (QED) is 0.0479. The molecule has 1 saturated heterocycles. The van der Waals surface area contributed by atoms with Crippen molar-refractivity contribution in [2.75, 3.05) is 54.5 Å². The Kier molecular flexibility index (Phi) is 26.5. The van der Waals surface area contributed by atoms with Crippen molar-refractivity contribution >= 4 is 63.7 Å². The van der Waals surface area contributed by atoms with E-state index < -0.39 is 54.0 Å². The molecule has 0 bridgehead atoms. The summed E-state index contributed by atoms with van der Waals surface area (Å²) >= 11 is 0. The number of primary amides is 1. The normalized spacial score (nSPS) is 17.8. The number of methoxy groups -OCH3 is 2. The Balaban J connectivity index is 1.30. The van der Waals surface area contributed by atoms with Crippen molar-refractivity contribution in [3.05, 3.63) is 48.2 Å². The molecule has 1 aromatic carbocycles. The number of ether oxygens (including phenoxy) is 2. The van der Waals surface area contributed by atoms with E-state index in [0.717, 1.165) is 29.3 Å². The van der Waals surface area contributed by atoms with Gasteiger partial charge in [0.1, 0.15) is 5.78 Å². The first-order valence-corrected chi connectivity index (χ1v) is 28.6. The van der Waals surface area contributed by atoms with E-state index >= 15 is 0 Å². The average Bonchev–Trinajstić information content (AvgIpc) is 4.16. The first-order chi connectivity index (χ1) is 37.1. The van der Waals surface area contributed by atoms with Gasteiger partial charge in [0.05, 0.1) is 43.3 Å². The second-order valence-corrected chi connectivity index (χ2v) is 22.7. The standard InChI is InChI=1S/C60H93N7O11/c1-12-40(6)57(51(77-10)35-55(74)66-31-21-25-48(66)58(78-11)41(7)49(69)33-42(59(61)75)32-43-36-62-47-24-18-17-23-45(43)47)65(9)60(76)46(38(2)3)34-50(70)56(39(4)5)64(8)29-19-13-15-22-44(68)37-63-52(71)26-16-14-20-30-67-53(72)27-28-54(67)73/h17-18,23-24,27-28,36,38-42,46,48,51,56-58,62H,12-16,19-22,25-26,29-35,37H2,1-11H3,(H2,61,75)(H,63,71)/t40-,41-,42+,46-,48-,51+,56-,57-,58+/m0/s1. The number of Topliss-reactive ketones (excluding diaryl/α,β-unsaturated/α-hetero) is 3. The Morgan fingerprint density at radius 2 is 1.49 bits per heavy atom. The number of hydrogen-bond donors (Lipinski definition) is 3. The van der Waals surface area contributed by atoms with Crippen LogP contribution in [0.1, 0.15) is 144 Å². The molecule has 0 aliphatic carbocycles. The van der Waals surface area contributed by atoms with Crippen LogP contribution in [0.15, 0.2) is 42.6 Å². The summed E-state index contributed by atoms with van der Waals surface area (Å²) in [6.07, 6.45) is 9.98. The fraction of sp³-hybridized carbons (Fsp3) is 0.683. The van der Waals surface area contributed by atoms with Crippen LogP contribution in [-0.2, 0) is 59.0 Å². The van der Waals surface area contributed by atoms with Gasteiger partial charge in [0, 0.05) is 107 Å². The molecule has 2 aliphatic rings. The van der Waals surface area contributed by atoms with Crippen molar-refractivity contribution in [1.82, 2.24) is 29.9 Å². The summed E-state index contributed by atoms with van der Waals surface area (Å²) in [5.41, 5.74) is 7.72. The van der Waals surface area contributed by atoms with Crippen LogP contribution in [-0.4, -0.2) is 162 Å². The lowest BCUT2D eigenvalue weighted by atomic mass is 9.83. The molecule has 18 nitrogen and oxygen atoms in total. The van der Waals surface area contributed by atoms with Crippen LogP contribution >= 0.6 is 0 Å². The van der Waals surface area contributed by atoms with Gasteiger partial charge >= 0.3 is 0 Å². The van der Waals surface area contributed by atoms with Crippen LogP contribution in [0.2, 0.25) is 0 Å². The number of carbonyl (C=O) groups is 9. The number of ketones is 3. The number of amides is 6. The van der Waals surface area contributed by atoms with E-state index in [4.69, 9.17) is 15.2 Å². The van der Waals surface area contributed by atoms with Crippen molar-refractivity contribution in [3.8, 4) is 0 Å². The van der Waals surface area contributed by atoms with Gasteiger partial charge in [0.25, 0.3) is 11.8 Å². The molecule has 0 saturated carbocycles. The van der Waals surface area contributed by atoms with Crippen molar-refractivity contribution in [1.29, 1.82) is 0 Å². The number of nitrogens with two attached hydrogens (primary N) is 1. The number of nitrogens with zero attached hydrogens (tertiary/aromatic N) is 4. The Hall–Kier alpha value is -5.59. The highest BCUT2D eigenvalue weighted by atomic mass is 16.5. The summed E-state index contributed by atoms with van der Waals surface area (Å²) in [4.78, 5) is 129. The van der Waals surface area contributed by atoms with Gasteiger partial charge in [-0.1, -0.05) is 85.9 Å². The van der Waals surface area contributed by atoms with E-state index in [9.17, 15) is 43.2 Å². The number of likely N-dealkylation sites (tertiary alicyclic amines) is 1. The third-order valence-electron chi connectivity index (χ3n) is 16.5. The number of rotatable bonds is 37. The first-order valence-electron chi connectivity index (χ1n) is 28.6. The number of likely N-dealkylation sites (N-methyl/N-ethyl adjacent to an activating group) is 2. The van der Waals surface area contributed by atoms with Crippen LogP contribution in [0.3, 0.4) is 0 Å². The lowest BCUT2D eigenvalue weighted by Gasteiger charge is -2.41. The zero-order valence-corrected chi connectivity index (χ0v) is 48.7. The highest BCUT2D eigenvalue weighted by Crippen LogP contribution is 2.32. The van der Waals surface area contributed by atoms with E-state index in [-0.39, 0.29) is 96.9 Å². The molecule has 1 fully saturated rings. The molecule has 9 atom stereocenters. The first kappa shape index (κ1) is 64.9. The number of aromatic amines is 1. The maximum atomic E-state index is 14.8. The molecule has 0 unspecified atom stereocenters. The molecule has 0 spiro atoms. The molecule has 0 radical (unpaired) electrons. The monoisotopic (exact) mass is 1090 g/mol. The van der Waals surface area contributed by atoms with Crippen LogP contribution in [0, 0.1) is 35.5 Å². The summed E-state index contributed by atoms with van der Waals surface area (Å²) < 4.78 is 12.2. The van der Waals surface area contributed by atoms with Crippen LogP contribution in [0.25, 0.3) is 10.9 Å². The third-order valence-corrected chi connectivity index (χ3v) is 16.5. The highest BCUT2D eigenvalue weighted by Gasteiger charge is 2.44. The Bertz CT molecular complexity index is 2360. The largest absolute Gasteiger partial charge is 0.379 e. The fourth-order valence-electron chi connectivity index (χ4n) is 11.7. The van der Waals surface area contributed by atoms with E-state index in [1.807, 2.05) is 84.0 Å². The summed E-state index contributed by atoms with van der Waals surface area (Å²) in [5.74, 6) is -4.25. The van der Waals surface area contributed by atoms with Gasteiger partial charge in [-0.15, -0.1) is 0 Å². The van der Waals surface area contributed by atoms with E-state index in [1.165, 1.54) is 17.1 Å². The minimum Gasteiger partial charge on any atom is -0.379 e. The Morgan fingerprint density at radius 3 is 2.12 bits per heavy atom. The zero-order chi connectivity index (χ0) is 57.8. The van der Waals surface area contributed by atoms with Gasteiger partial charge < -0.3 is 35.3 Å². The molecule has 3 heterocycles. The van der Waals surface area contributed by atoms with Gasteiger partial charge in [-0.2, -0.15) is 0 Å². The van der Waals surface area contributed by atoms with Crippen molar-refractivity contribution in [2.24, 2.45) is 41.2 Å². The second-order valence-electron chi connectivity index (χ2n) is 22.7. The molecule has 4 N–H and O–H groups in total. The van der Waals surface area contributed by atoms with Gasteiger partial charge in [0.15, 0.2) is 11.6 Å². The number of carbonyl (C=O) groups excluding carboxylic acids is 9. The summed E-state index contributed by atoms with van der Waals surface area (Å²) in [5, 5.41) is 3.67. The van der Waals surface area contributed by atoms with Gasteiger partial charge in [-0.05, 0) is 87.9 Å². The lowest BCUT2D eigenvalue weighted by Crippen LogP contribution is -2.54. The lowest BCUT2D eigenvalue weighted by molar-refractivity contribution is -0.149. The minimum absolute atomic E-state index is 0.0148. The van der Waals surface area contributed by atoms with Crippen molar-refractivity contribution in [3.63, 3.8) is 0 Å². The number of benzene rings is 1. The molecular weight excluding hydrogens is 995 g/mol. The van der Waals surface area contributed by atoms with E-state index in [1.54, 1.807) is 38.0 Å². The maximum Gasteiger partial charge on any atom is 0.253 e. The zero-order valence-electron chi connectivity index (χ0n) is 48.7. The average molecular weight is 1090 g/mol. The summed E-state index contributed by atoms with van der Waals surface area (Å²) in [7, 11) is 6.77. The number of H-pyrrole nitrogens is 1. The van der Waals surface area contributed by atoms with Crippen molar-refractivity contribution < 1.29 is 52.6 Å². The molecular formula is C60H93N7O11. The van der Waals surface area contributed by atoms with Gasteiger partial charge in [0.2, 0.25) is 23.6 Å². The molecule has 2 aromatic rings. The second kappa shape index (κ2) is 31.9. The smallest absolute Gasteiger partial charge is 0.253 e. The van der Waals surface area contributed by atoms with Crippen LogP contribution < -0.4 is 11.1 Å². The number of para-hydroxylation sites is 1. The van der Waals surface area contributed by atoms with Gasteiger partial charge in [-0.3, -0.25) is 53.0 Å². The third kappa shape index (κ3) is 18.2. The van der Waals surface area contributed by atoms with E-state index in [0.29, 0.717) is 77.4 Å². The number of unbranched alkanes of at least 4 members (excludes halogenated alkanes) is 4. The van der Waals surface area contributed by atoms with Crippen LogP contribution in [0.4, 0.5) is 0 Å². The predicted octanol–water partition coefficient (Wildman–Crippen LogP) is 6.61. The topological polar surface area (TPSA) is 239 Å².